The minimum atomic E-state index is -4.36. The van der Waals surface area contributed by atoms with E-state index in [2.05, 4.69) is 0 Å². The van der Waals surface area contributed by atoms with Crippen LogP contribution in [-0.4, -0.2) is 26.4 Å². The molecule has 0 saturated carbocycles. The number of halogens is 3. The number of hydrogen-bond donors (Lipinski definition) is 1. The van der Waals surface area contributed by atoms with Crippen LogP contribution < -0.4 is 15.2 Å². The SMILES string of the molecule is COc1ccc(CCN)c(OCC(F)(F)F)c1. The molecule has 6 heteroatoms. The molecule has 0 saturated heterocycles. The van der Waals surface area contributed by atoms with Crippen LogP contribution in [0.15, 0.2) is 18.2 Å². The second-order valence-corrected chi connectivity index (χ2v) is 3.42. The Morgan fingerprint density at radius 2 is 2.00 bits per heavy atom. The fourth-order valence-corrected chi connectivity index (χ4v) is 1.32. The Bertz CT molecular complexity index is 366. The Hall–Kier alpha value is -1.43. The average molecular weight is 249 g/mol. The first kappa shape index (κ1) is 13.6. The van der Waals surface area contributed by atoms with Gasteiger partial charge in [-0.25, -0.2) is 0 Å². The van der Waals surface area contributed by atoms with Gasteiger partial charge in [0.25, 0.3) is 0 Å². The van der Waals surface area contributed by atoms with Crippen molar-refractivity contribution in [1.29, 1.82) is 0 Å². The number of alkyl halides is 3. The molecule has 0 atom stereocenters. The Morgan fingerprint density at radius 1 is 1.29 bits per heavy atom. The molecule has 0 aliphatic heterocycles. The molecule has 0 amide bonds. The fraction of sp³-hybridized carbons (Fsp3) is 0.455. The number of hydrogen-bond acceptors (Lipinski definition) is 3. The van der Waals surface area contributed by atoms with Crippen molar-refractivity contribution in [1.82, 2.24) is 0 Å². The van der Waals surface area contributed by atoms with Crippen molar-refractivity contribution in [2.45, 2.75) is 12.6 Å². The second-order valence-electron chi connectivity index (χ2n) is 3.42. The van der Waals surface area contributed by atoms with E-state index >= 15 is 0 Å². The summed E-state index contributed by atoms with van der Waals surface area (Å²) in [5, 5.41) is 0. The Labute approximate surface area is 97.3 Å². The van der Waals surface area contributed by atoms with Crippen LogP contribution in [0.4, 0.5) is 13.2 Å². The highest BCUT2D eigenvalue weighted by Crippen LogP contribution is 2.27. The monoisotopic (exact) mass is 249 g/mol. The van der Waals surface area contributed by atoms with Gasteiger partial charge in [0.05, 0.1) is 7.11 Å². The van der Waals surface area contributed by atoms with Crippen molar-refractivity contribution < 1.29 is 22.6 Å². The third-order valence-corrected chi connectivity index (χ3v) is 2.08. The Kier molecular flexibility index (Phi) is 4.62. The lowest BCUT2D eigenvalue weighted by Crippen LogP contribution is -2.20. The largest absolute Gasteiger partial charge is 0.497 e. The van der Waals surface area contributed by atoms with E-state index in [1.807, 2.05) is 0 Å². The third-order valence-electron chi connectivity index (χ3n) is 2.08. The molecular formula is C11H14F3NO2. The van der Waals surface area contributed by atoms with Gasteiger partial charge in [-0.3, -0.25) is 0 Å². The topological polar surface area (TPSA) is 44.5 Å². The van der Waals surface area contributed by atoms with Gasteiger partial charge in [-0.2, -0.15) is 13.2 Å². The van der Waals surface area contributed by atoms with Gasteiger partial charge in [-0.15, -0.1) is 0 Å². The van der Waals surface area contributed by atoms with Crippen molar-refractivity contribution in [3.8, 4) is 11.5 Å². The number of methoxy groups -OCH3 is 1. The van der Waals surface area contributed by atoms with Crippen molar-refractivity contribution in [2.24, 2.45) is 5.73 Å². The molecule has 0 heterocycles. The van der Waals surface area contributed by atoms with Gasteiger partial charge in [0.2, 0.25) is 0 Å². The van der Waals surface area contributed by atoms with E-state index < -0.39 is 12.8 Å². The Morgan fingerprint density at radius 3 is 2.53 bits per heavy atom. The average Bonchev–Trinajstić information content (AvgIpc) is 2.27. The maximum absolute atomic E-state index is 12.1. The highest BCUT2D eigenvalue weighted by Gasteiger charge is 2.28. The smallest absolute Gasteiger partial charge is 0.422 e. The van der Waals surface area contributed by atoms with E-state index in [-0.39, 0.29) is 5.75 Å². The zero-order chi connectivity index (χ0) is 12.9. The zero-order valence-corrected chi connectivity index (χ0v) is 9.38. The molecule has 1 aromatic rings. The first-order valence-corrected chi connectivity index (χ1v) is 5.03. The van der Waals surface area contributed by atoms with Crippen LogP contribution in [0.2, 0.25) is 0 Å². The predicted octanol–water partition coefficient (Wildman–Crippen LogP) is 2.14. The molecule has 2 N–H and O–H groups in total. The minimum absolute atomic E-state index is 0.159. The quantitative estimate of drug-likeness (QED) is 0.869. The van der Waals surface area contributed by atoms with E-state index in [1.54, 1.807) is 12.1 Å². The molecule has 1 aromatic carbocycles. The lowest BCUT2D eigenvalue weighted by atomic mass is 10.1. The lowest BCUT2D eigenvalue weighted by Gasteiger charge is -2.13. The fourth-order valence-electron chi connectivity index (χ4n) is 1.32. The summed E-state index contributed by atoms with van der Waals surface area (Å²) < 4.78 is 45.8. The maximum atomic E-state index is 12.1. The highest BCUT2D eigenvalue weighted by molar-refractivity contribution is 5.41. The number of nitrogens with two attached hydrogens (primary N) is 1. The van der Waals surface area contributed by atoms with Crippen LogP contribution in [0.5, 0.6) is 11.5 Å². The third kappa shape index (κ3) is 4.52. The molecule has 1 rings (SSSR count). The van der Waals surface area contributed by atoms with Gasteiger partial charge in [0, 0.05) is 6.07 Å². The van der Waals surface area contributed by atoms with Crippen LogP contribution in [0.1, 0.15) is 5.56 Å². The summed E-state index contributed by atoms with van der Waals surface area (Å²) in [5.74, 6) is 0.607. The predicted molar refractivity (Wildman–Crippen MR) is 57.3 cm³/mol. The number of rotatable bonds is 5. The van der Waals surface area contributed by atoms with Crippen molar-refractivity contribution >= 4 is 0 Å². The van der Waals surface area contributed by atoms with Gasteiger partial charge >= 0.3 is 6.18 Å². The molecule has 0 aliphatic rings. The minimum Gasteiger partial charge on any atom is -0.497 e. The molecule has 0 unspecified atom stereocenters. The summed E-state index contributed by atoms with van der Waals surface area (Å²) >= 11 is 0. The molecule has 17 heavy (non-hydrogen) atoms. The van der Waals surface area contributed by atoms with E-state index in [0.717, 1.165) is 0 Å². The highest BCUT2D eigenvalue weighted by atomic mass is 19.4. The molecule has 0 radical (unpaired) electrons. The summed E-state index contributed by atoms with van der Waals surface area (Å²) in [7, 11) is 1.44. The van der Waals surface area contributed by atoms with Gasteiger partial charge in [-0.05, 0) is 24.6 Å². The van der Waals surface area contributed by atoms with E-state index in [0.29, 0.717) is 24.3 Å². The van der Waals surface area contributed by atoms with Crippen LogP contribution >= 0.6 is 0 Å². The number of benzene rings is 1. The first-order chi connectivity index (χ1) is 7.96. The van der Waals surface area contributed by atoms with Crippen molar-refractivity contribution in [3.63, 3.8) is 0 Å². The maximum Gasteiger partial charge on any atom is 0.422 e. The normalized spacial score (nSPS) is 11.4. The summed E-state index contributed by atoms with van der Waals surface area (Å²) in [5.41, 5.74) is 6.01. The summed E-state index contributed by atoms with van der Waals surface area (Å²) in [6.07, 6.45) is -3.90. The van der Waals surface area contributed by atoms with Crippen LogP contribution in [-0.2, 0) is 6.42 Å². The van der Waals surface area contributed by atoms with E-state index in [4.69, 9.17) is 15.2 Å². The summed E-state index contributed by atoms with van der Waals surface area (Å²) in [6.45, 7) is -0.980. The molecular weight excluding hydrogens is 235 g/mol. The number of ether oxygens (including phenoxy) is 2. The van der Waals surface area contributed by atoms with Crippen molar-refractivity contribution in [2.75, 3.05) is 20.3 Å². The summed E-state index contributed by atoms with van der Waals surface area (Å²) in [4.78, 5) is 0. The van der Waals surface area contributed by atoms with Gasteiger partial charge in [0.1, 0.15) is 11.5 Å². The lowest BCUT2D eigenvalue weighted by molar-refractivity contribution is -0.153. The second kappa shape index (κ2) is 5.77. The van der Waals surface area contributed by atoms with Gasteiger partial charge in [-0.1, -0.05) is 6.07 Å². The van der Waals surface area contributed by atoms with Crippen molar-refractivity contribution in [3.05, 3.63) is 23.8 Å². The molecule has 3 nitrogen and oxygen atoms in total. The van der Waals surface area contributed by atoms with Gasteiger partial charge in [0.15, 0.2) is 6.61 Å². The molecule has 0 aliphatic carbocycles. The molecule has 0 fully saturated rings. The van der Waals surface area contributed by atoms with E-state index in [1.165, 1.54) is 13.2 Å². The van der Waals surface area contributed by atoms with Crippen LogP contribution in [0, 0.1) is 0 Å². The molecule has 96 valence electrons. The first-order valence-electron chi connectivity index (χ1n) is 5.03. The zero-order valence-electron chi connectivity index (χ0n) is 9.38. The summed E-state index contributed by atoms with van der Waals surface area (Å²) in [6, 6.07) is 4.74. The van der Waals surface area contributed by atoms with Crippen LogP contribution in [0.3, 0.4) is 0 Å². The molecule has 0 spiro atoms. The van der Waals surface area contributed by atoms with Crippen LogP contribution in [0.25, 0.3) is 0 Å². The standard InChI is InChI=1S/C11H14F3NO2/c1-16-9-3-2-8(4-5-15)10(6-9)17-7-11(12,13)14/h2-3,6H,4-5,7,15H2,1H3. The molecule has 0 bridgehead atoms. The van der Waals surface area contributed by atoms with Gasteiger partial charge < -0.3 is 15.2 Å². The Balaban J connectivity index is 2.85. The molecule has 0 aromatic heterocycles. The van der Waals surface area contributed by atoms with E-state index in [9.17, 15) is 13.2 Å².